The van der Waals surface area contributed by atoms with Gasteiger partial charge in [-0.3, -0.25) is 9.88 Å². The zero-order chi connectivity index (χ0) is 18.8. The third kappa shape index (κ3) is 3.82. The fourth-order valence-corrected chi connectivity index (χ4v) is 3.61. The van der Waals surface area contributed by atoms with Crippen LogP contribution in [0.1, 0.15) is 24.4 Å². The lowest BCUT2D eigenvalue weighted by molar-refractivity contribution is 0.164. The lowest BCUT2D eigenvalue weighted by Crippen LogP contribution is -2.47. The van der Waals surface area contributed by atoms with Crippen molar-refractivity contribution in [3.05, 3.63) is 59.2 Å². The second-order valence-electron chi connectivity index (χ2n) is 6.83. The van der Waals surface area contributed by atoms with Gasteiger partial charge >= 0.3 is 0 Å². The summed E-state index contributed by atoms with van der Waals surface area (Å²) >= 11 is 6.18. The molecular weight excluding hydrogens is 362 g/mol. The van der Waals surface area contributed by atoms with Crippen molar-refractivity contribution < 1.29 is 4.52 Å². The minimum absolute atomic E-state index is 0.0746. The summed E-state index contributed by atoms with van der Waals surface area (Å²) < 4.78 is 5.52. The van der Waals surface area contributed by atoms with E-state index in [-0.39, 0.29) is 6.04 Å². The summed E-state index contributed by atoms with van der Waals surface area (Å²) in [6.07, 6.45) is 3.47. The van der Waals surface area contributed by atoms with Crippen LogP contribution in [0.25, 0.3) is 11.4 Å². The van der Waals surface area contributed by atoms with Gasteiger partial charge in [0.15, 0.2) is 0 Å². The van der Waals surface area contributed by atoms with Crippen LogP contribution in [0.3, 0.4) is 0 Å². The van der Waals surface area contributed by atoms with Crippen LogP contribution in [-0.4, -0.2) is 46.2 Å². The minimum atomic E-state index is 0.0746. The molecular formula is C20H22ClN5O. The van der Waals surface area contributed by atoms with Gasteiger partial charge in [-0.15, -0.1) is 0 Å². The van der Waals surface area contributed by atoms with Crippen LogP contribution in [0.2, 0.25) is 5.02 Å². The monoisotopic (exact) mass is 383 g/mol. The molecule has 0 aliphatic carbocycles. The molecule has 1 saturated heterocycles. The number of pyridine rings is 1. The van der Waals surface area contributed by atoms with E-state index in [4.69, 9.17) is 16.1 Å². The van der Waals surface area contributed by atoms with Gasteiger partial charge in [0.2, 0.25) is 11.7 Å². The first-order valence-electron chi connectivity index (χ1n) is 9.11. The van der Waals surface area contributed by atoms with E-state index in [1.54, 1.807) is 12.4 Å². The Morgan fingerprint density at radius 1 is 1.15 bits per heavy atom. The number of hydrogen-bond acceptors (Lipinski definition) is 6. The number of hydrogen-bond donors (Lipinski definition) is 0. The molecule has 0 saturated carbocycles. The molecule has 140 valence electrons. The van der Waals surface area contributed by atoms with Gasteiger partial charge in [0.05, 0.1) is 6.04 Å². The molecule has 0 spiro atoms. The quantitative estimate of drug-likeness (QED) is 0.679. The van der Waals surface area contributed by atoms with E-state index < -0.39 is 0 Å². The zero-order valence-electron chi connectivity index (χ0n) is 15.5. The molecule has 0 radical (unpaired) electrons. The van der Waals surface area contributed by atoms with Crippen LogP contribution in [0.15, 0.2) is 47.2 Å². The molecule has 27 heavy (non-hydrogen) atoms. The van der Waals surface area contributed by atoms with Crippen molar-refractivity contribution in [2.24, 2.45) is 0 Å². The topological polar surface area (TPSA) is 58.3 Å². The number of anilines is 1. The minimum Gasteiger partial charge on any atom is -0.369 e. The van der Waals surface area contributed by atoms with Crippen molar-refractivity contribution in [2.45, 2.75) is 19.9 Å². The molecule has 1 aromatic carbocycles. The summed E-state index contributed by atoms with van der Waals surface area (Å²) in [6, 6.07) is 9.93. The van der Waals surface area contributed by atoms with Crippen molar-refractivity contribution in [1.29, 1.82) is 0 Å². The second kappa shape index (κ2) is 7.66. The number of benzene rings is 1. The molecule has 1 unspecified atom stereocenters. The van der Waals surface area contributed by atoms with Crippen LogP contribution < -0.4 is 4.90 Å². The summed E-state index contributed by atoms with van der Waals surface area (Å²) in [6.45, 7) is 7.97. The first-order chi connectivity index (χ1) is 13.1. The summed E-state index contributed by atoms with van der Waals surface area (Å²) in [5.41, 5.74) is 3.33. The molecule has 4 rings (SSSR count). The average molecular weight is 384 g/mol. The van der Waals surface area contributed by atoms with Gasteiger partial charge in [-0.05, 0) is 43.7 Å². The highest BCUT2D eigenvalue weighted by molar-refractivity contribution is 6.30. The van der Waals surface area contributed by atoms with Crippen LogP contribution in [0.4, 0.5) is 5.69 Å². The maximum Gasteiger partial charge on any atom is 0.244 e. The summed E-state index contributed by atoms with van der Waals surface area (Å²) in [5, 5.41) is 4.89. The largest absolute Gasteiger partial charge is 0.369 e. The van der Waals surface area contributed by atoms with Gasteiger partial charge in [-0.1, -0.05) is 22.8 Å². The molecule has 1 aliphatic heterocycles. The molecule has 3 heterocycles. The highest BCUT2D eigenvalue weighted by atomic mass is 35.5. The van der Waals surface area contributed by atoms with Crippen LogP contribution in [-0.2, 0) is 0 Å². The Kier molecular flexibility index (Phi) is 5.09. The van der Waals surface area contributed by atoms with Gasteiger partial charge in [-0.25, -0.2) is 0 Å². The molecule has 2 aromatic heterocycles. The number of rotatable bonds is 4. The highest BCUT2D eigenvalue weighted by Gasteiger charge is 2.26. The molecule has 0 N–H and O–H groups in total. The lowest BCUT2D eigenvalue weighted by Gasteiger charge is -2.38. The standard InChI is InChI=1S/C20H22ClN5O/c1-14-5-6-17(21)12-18(14)26-10-8-25(9-11-26)15(2)20-23-19(24-27-20)16-4-3-7-22-13-16/h3-7,12-13,15H,8-11H2,1-2H3. The van der Waals surface area contributed by atoms with E-state index in [0.717, 1.165) is 36.8 Å². The van der Waals surface area contributed by atoms with Crippen molar-refractivity contribution in [2.75, 3.05) is 31.1 Å². The smallest absolute Gasteiger partial charge is 0.244 e. The van der Waals surface area contributed by atoms with Gasteiger partial charge in [0.25, 0.3) is 0 Å². The Hall–Kier alpha value is -2.44. The first-order valence-corrected chi connectivity index (χ1v) is 9.49. The van der Waals surface area contributed by atoms with Crippen molar-refractivity contribution in [3.63, 3.8) is 0 Å². The summed E-state index contributed by atoms with van der Waals surface area (Å²) in [7, 11) is 0. The molecule has 7 heteroatoms. The van der Waals surface area contributed by atoms with Gasteiger partial charge < -0.3 is 9.42 Å². The van der Waals surface area contributed by atoms with Gasteiger partial charge in [0, 0.05) is 54.8 Å². The molecule has 0 bridgehead atoms. The average Bonchev–Trinajstić information content (AvgIpc) is 3.20. The molecule has 1 aliphatic rings. The van der Waals surface area contributed by atoms with Gasteiger partial charge in [-0.2, -0.15) is 4.98 Å². The van der Waals surface area contributed by atoms with Crippen LogP contribution in [0.5, 0.6) is 0 Å². The van der Waals surface area contributed by atoms with E-state index in [2.05, 4.69) is 44.8 Å². The number of nitrogens with zero attached hydrogens (tertiary/aromatic N) is 5. The predicted molar refractivity (Wildman–Crippen MR) is 106 cm³/mol. The van der Waals surface area contributed by atoms with E-state index in [0.29, 0.717) is 11.7 Å². The fraction of sp³-hybridized carbons (Fsp3) is 0.350. The Morgan fingerprint density at radius 3 is 2.70 bits per heavy atom. The molecule has 1 atom stereocenters. The molecule has 0 amide bonds. The van der Waals surface area contributed by atoms with Crippen LogP contribution in [0, 0.1) is 6.92 Å². The summed E-state index contributed by atoms with van der Waals surface area (Å²) in [4.78, 5) is 13.4. The lowest BCUT2D eigenvalue weighted by atomic mass is 10.1. The predicted octanol–water partition coefficient (Wildman–Crippen LogP) is 3.98. The maximum atomic E-state index is 6.18. The van der Waals surface area contributed by atoms with E-state index >= 15 is 0 Å². The normalized spacial score (nSPS) is 16.5. The number of piperazine rings is 1. The SMILES string of the molecule is Cc1ccc(Cl)cc1N1CCN(C(C)c2nc(-c3cccnc3)no2)CC1. The van der Waals surface area contributed by atoms with E-state index in [9.17, 15) is 0 Å². The maximum absolute atomic E-state index is 6.18. The Morgan fingerprint density at radius 2 is 1.96 bits per heavy atom. The Balaban J connectivity index is 1.42. The summed E-state index contributed by atoms with van der Waals surface area (Å²) in [5.74, 6) is 1.22. The molecule has 6 nitrogen and oxygen atoms in total. The van der Waals surface area contributed by atoms with Crippen LogP contribution >= 0.6 is 11.6 Å². The number of halogens is 1. The molecule has 1 fully saturated rings. The van der Waals surface area contributed by atoms with Crippen molar-refractivity contribution >= 4 is 17.3 Å². The first kappa shape index (κ1) is 17.9. The van der Waals surface area contributed by atoms with Crippen molar-refractivity contribution in [3.8, 4) is 11.4 Å². The zero-order valence-corrected chi connectivity index (χ0v) is 16.2. The Bertz CT molecular complexity index is 906. The van der Waals surface area contributed by atoms with Gasteiger partial charge in [0.1, 0.15) is 0 Å². The van der Waals surface area contributed by atoms with Crippen molar-refractivity contribution in [1.82, 2.24) is 20.0 Å². The Labute approximate surface area is 163 Å². The third-order valence-corrected chi connectivity index (χ3v) is 5.33. The highest BCUT2D eigenvalue weighted by Crippen LogP contribution is 2.28. The van der Waals surface area contributed by atoms with E-state index in [1.165, 1.54) is 11.3 Å². The van der Waals surface area contributed by atoms with E-state index in [1.807, 2.05) is 24.3 Å². The fourth-order valence-electron chi connectivity index (χ4n) is 3.45. The second-order valence-corrected chi connectivity index (χ2v) is 7.26. The molecule has 3 aromatic rings. The number of aryl methyl sites for hydroxylation is 1. The number of aromatic nitrogens is 3. The third-order valence-electron chi connectivity index (χ3n) is 5.09.